The van der Waals surface area contributed by atoms with E-state index in [4.69, 9.17) is 11.6 Å². The minimum atomic E-state index is -0.0971. The summed E-state index contributed by atoms with van der Waals surface area (Å²) in [5.41, 5.74) is 1.54. The molecule has 0 saturated heterocycles. The van der Waals surface area contributed by atoms with Gasteiger partial charge in [-0.1, -0.05) is 45.7 Å². The molecule has 0 atom stereocenters. The number of halogens is 2. The van der Waals surface area contributed by atoms with Gasteiger partial charge in [-0.2, -0.15) is 0 Å². The van der Waals surface area contributed by atoms with Crippen molar-refractivity contribution in [3.8, 4) is 0 Å². The monoisotopic (exact) mass is 406 g/mol. The maximum atomic E-state index is 12.1. The fourth-order valence-corrected chi connectivity index (χ4v) is 3.68. The van der Waals surface area contributed by atoms with Crippen molar-refractivity contribution in [3.63, 3.8) is 0 Å². The Morgan fingerprint density at radius 2 is 2.04 bits per heavy atom. The molecule has 3 nitrogen and oxygen atoms in total. The molecule has 0 unspecified atom stereocenters. The Labute approximate surface area is 151 Å². The van der Waals surface area contributed by atoms with Crippen LogP contribution in [0.3, 0.4) is 0 Å². The van der Waals surface area contributed by atoms with Crippen molar-refractivity contribution >= 4 is 61.8 Å². The first-order valence-corrected chi connectivity index (χ1v) is 9.00. The van der Waals surface area contributed by atoms with E-state index in [0.717, 1.165) is 20.3 Å². The molecular weight excluding hydrogens is 396 g/mol. The average Bonchev–Trinajstić information content (AvgIpc) is 2.55. The fourth-order valence-electron chi connectivity index (χ4n) is 2.12. The Hall–Kier alpha value is -1.56. The van der Waals surface area contributed by atoms with Crippen LogP contribution in [0.15, 0.2) is 64.1 Å². The number of thioether (sulfide) groups is 1. The number of rotatable bonds is 4. The van der Waals surface area contributed by atoms with Crippen LogP contribution in [0.5, 0.6) is 0 Å². The summed E-state index contributed by atoms with van der Waals surface area (Å²) in [6, 6.07) is 15.2. The Morgan fingerprint density at radius 3 is 2.87 bits per heavy atom. The number of para-hydroxylation sites is 1. The van der Waals surface area contributed by atoms with Gasteiger partial charge in [0.2, 0.25) is 5.91 Å². The number of hydrogen-bond donors (Lipinski definition) is 1. The van der Waals surface area contributed by atoms with Gasteiger partial charge in [0.25, 0.3) is 0 Å². The molecule has 1 heterocycles. The molecule has 0 aliphatic heterocycles. The molecule has 1 N–H and O–H groups in total. The van der Waals surface area contributed by atoms with Crippen molar-refractivity contribution in [3.05, 3.63) is 64.2 Å². The molecule has 0 fully saturated rings. The van der Waals surface area contributed by atoms with Gasteiger partial charge in [0.15, 0.2) is 0 Å². The topological polar surface area (TPSA) is 42.0 Å². The average molecular weight is 408 g/mol. The highest BCUT2D eigenvalue weighted by molar-refractivity contribution is 9.10. The molecule has 0 saturated carbocycles. The van der Waals surface area contributed by atoms with E-state index in [2.05, 4.69) is 26.2 Å². The smallest absolute Gasteiger partial charge is 0.234 e. The molecule has 23 heavy (non-hydrogen) atoms. The second kappa shape index (κ2) is 7.34. The number of amides is 1. The van der Waals surface area contributed by atoms with Crippen LogP contribution in [-0.4, -0.2) is 16.6 Å². The van der Waals surface area contributed by atoms with E-state index in [0.29, 0.717) is 16.5 Å². The summed E-state index contributed by atoms with van der Waals surface area (Å²) in [7, 11) is 0. The summed E-state index contributed by atoms with van der Waals surface area (Å²) >= 11 is 10.9. The third kappa shape index (κ3) is 4.05. The lowest BCUT2D eigenvalue weighted by molar-refractivity contribution is -0.113. The van der Waals surface area contributed by atoms with E-state index in [-0.39, 0.29) is 5.91 Å². The molecule has 3 rings (SSSR count). The predicted molar refractivity (Wildman–Crippen MR) is 100 cm³/mol. The van der Waals surface area contributed by atoms with Gasteiger partial charge in [0.05, 0.1) is 22.0 Å². The molecule has 0 aliphatic rings. The van der Waals surface area contributed by atoms with Crippen LogP contribution in [0.4, 0.5) is 5.69 Å². The highest BCUT2D eigenvalue weighted by Crippen LogP contribution is 2.28. The van der Waals surface area contributed by atoms with Crippen LogP contribution in [-0.2, 0) is 4.79 Å². The summed E-state index contributed by atoms with van der Waals surface area (Å²) in [5, 5.41) is 4.38. The number of carbonyl (C=O) groups is 1. The number of pyridine rings is 1. The number of nitrogens with one attached hydrogen (secondary N) is 1. The first kappa shape index (κ1) is 16.3. The van der Waals surface area contributed by atoms with Crippen LogP contribution in [0.25, 0.3) is 10.9 Å². The van der Waals surface area contributed by atoms with Gasteiger partial charge in [0, 0.05) is 21.0 Å². The standard InChI is InChI=1S/C17H12BrClN2OS/c18-11-5-6-15(13(19)9-11)21-17(22)10-23-16-7-8-20-14-4-2-1-3-12(14)16/h1-9H,10H2,(H,21,22). The lowest BCUT2D eigenvalue weighted by Gasteiger charge is -2.08. The van der Waals surface area contributed by atoms with Crippen molar-refractivity contribution < 1.29 is 4.79 Å². The fraction of sp³-hybridized carbons (Fsp3) is 0.0588. The van der Waals surface area contributed by atoms with Gasteiger partial charge >= 0.3 is 0 Å². The van der Waals surface area contributed by atoms with Crippen LogP contribution in [0.1, 0.15) is 0 Å². The zero-order valence-electron chi connectivity index (χ0n) is 11.9. The molecule has 3 aromatic rings. The molecule has 6 heteroatoms. The number of nitrogens with zero attached hydrogens (tertiary/aromatic N) is 1. The van der Waals surface area contributed by atoms with Crippen molar-refractivity contribution in [2.75, 3.05) is 11.1 Å². The summed E-state index contributed by atoms with van der Waals surface area (Å²) in [4.78, 5) is 17.5. The summed E-state index contributed by atoms with van der Waals surface area (Å²) < 4.78 is 0.873. The predicted octanol–water partition coefficient (Wildman–Crippen LogP) is 5.38. The van der Waals surface area contributed by atoms with Gasteiger partial charge < -0.3 is 5.32 Å². The maximum Gasteiger partial charge on any atom is 0.234 e. The lowest BCUT2D eigenvalue weighted by atomic mass is 10.2. The van der Waals surface area contributed by atoms with Crippen molar-refractivity contribution in [1.29, 1.82) is 0 Å². The van der Waals surface area contributed by atoms with E-state index in [1.165, 1.54) is 11.8 Å². The van der Waals surface area contributed by atoms with Crippen LogP contribution in [0, 0.1) is 0 Å². The van der Waals surface area contributed by atoms with Crippen LogP contribution >= 0.6 is 39.3 Å². The van der Waals surface area contributed by atoms with E-state index in [9.17, 15) is 4.79 Å². The zero-order chi connectivity index (χ0) is 16.2. The van der Waals surface area contributed by atoms with Crippen LogP contribution in [0.2, 0.25) is 5.02 Å². The number of benzene rings is 2. The number of aromatic nitrogens is 1. The van der Waals surface area contributed by atoms with Crippen molar-refractivity contribution in [2.45, 2.75) is 4.90 Å². The number of anilines is 1. The third-order valence-electron chi connectivity index (χ3n) is 3.17. The van der Waals surface area contributed by atoms with Crippen molar-refractivity contribution in [1.82, 2.24) is 4.98 Å². The SMILES string of the molecule is O=C(CSc1ccnc2ccccc12)Nc1ccc(Br)cc1Cl. The summed E-state index contributed by atoms with van der Waals surface area (Å²) in [5.74, 6) is 0.209. The van der Waals surface area contributed by atoms with Crippen molar-refractivity contribution in [2.24, 2.45) is 0 Å². The second-order valence-corrected chi connectivity index (χ2v) is 7.13. The van der Waals surface area contributed by atoms with E-state index < -0.39 is 0 Å². The molecule has 0 spiro atoms. The molecule has 116 valence electrons. The first-order chi connectivity index (χ1) is 11.1. The first-order valence-electron chi connectivity index (χ1n) is 6.85. The molecule has 2 aromatic carbocycles. The number of carbonyl (C=O) groups excluding carboxylic acids is 1. The highest BCUT2D eigenvalue weighted by atomic mass is 79.9. The highest BCUT2D eigenvalue weighted by Gasteiger charge is 2.09. The minimum absolute atomic E-state index is 0.0971. The summed E-state index contributed by atoms with van der Waals surface area (Å²) in [6.07, 6.45) is 1.76. The van der Waals surface area contributed by atoms with Gasteiger partial charge in [-0.25, -0.2) is 0 Å². The number of fused-ring (bicyclic) bond motifs is 1. The molecule has 0 aliphatic carbocycles. The Kier molecular flexibility index (Phi) is 5.20. The molecule has 1 amide bonds. The Bertz CT molecular complexity index is 867. The Balaban J connectivity index is 1.69. The quantitative estimate of drug-likeness (QED) is 0.590. The summed E-state index contributed by atoms with van der Waals surface area (Å²) in [6.45, 7) is 0. The van der Waals surface area contributed by atoms with Crippen LogP contribution < -0.4 is 5.32 Å². The number of hydrogen-bond acceptors (Lipinski definition) is 3. The third-order valence-corrected chi connectivity index (χ3v) is 5.05. The molecule has 0 radical (unpaired) electrons. The largest absolute Gasteiger partial charge is 0.324 e. The van der Waals surface area contributed by atoms with Gasteiger partial charge in [0.1, 0.15) is 0 Å². The second-order valence-electron chi connectivity index (χ2n) is 4.79. The normalized spacial score (nSPS) is 10.7. The molecular formula is C17H12BrClN2OS. The lowest BCUT2D eigenvalue weighted by Crippen LogP contribution is -2.14. The Morgan fingerprint density at radius 1 is 1.22 bits per heavy atom. The van der Waals surface area contributed by atoms with Gasteiger partial charge in [-0.3, -0.25) is 9.78 Å². The van der Waals surface area contributed by atoms with E-state index in [1.807, 2.05) is 36.4 Å². The zero-order valence-corrected chi connectivity index (χ0v) is 15.1. The van der Waals surface area contributed by atoms with E-state index >= 15 is 0 Å². The molecule has 1 aromatic heterocycles. The minimum Gasteiger partial charge on any atom is -0.324 e. The van der Waals surface area contributed by atoms with Gasteiger partial charge in [-0.15, -0.1) is 11.8 Å². The van der Waals surface area contributed by atoms with E-state index in [1.54, 1.807) is 18.3 Å². The molecule has 0 bridgehead atoms. The van der Waals surface area contributed by atoms with Gasteiger partial charge in [-0.05, 0) is 30.3 Å². The maximum absolute atomic E-state index is 12.1.